The normalized spacial score (nSPS) is 10.3. The molecule has 1 rings (SSSR count). The SMILES string of the molecule is C=C/C=C\C(=C)CN(CC)c1ccccc1. The molecule has 0 spiro atoms. The highest BCUT2D eigenvalue weighted by atomic mass is 15.1. The van der Waals surface area contributed by atoms with E-state index >= 15 is 0 Å². The average Bonchev–Trinajstić information content (AvgIpc) is 2.34. The van der Waals surface area contributed by atoms with Gasteiger partial charge in [-0.3, -0.25) is 0 Å². The van der Waals surface area contributed by atoms with Crippen LogP contribution in [-0.2, 0) is 0 Å². The summed E-state index contributed by atoms with van der Waals surface area (Å²) in [7, 11) is 0. The van der Waals surface area contributed by atoms with E-state index in [1.165, 1.54) is 5.69 Å². The highest BCUT2D eigenvalue weighted by Crippen LogP contribution is 2.14. The van der Waals surface area contributed by atoms with Gasteiger partial charge in [-0.25, -0.2) is 0 Å². The van der Waals surface area contributed by atoms with Crippen molar-refractivity contribution in [3.63, 3.8) is 0 Å². The Morgan fingerprint density at radius 2 is 2.00 bits per heavy atom. The Bertz CT molecular complexity index is 362. The highest BCUT2D eigenvalue weighted by molar-refractivity contribution is 5.47. The maximum Gasteiger partial charge on any atom is 0.0423 e. The smallest absolute Gasteiger partial charge is 0.0423 e. The van der Waals surface area contributed by atoms with E-state index < -0.39 is 0 Å². The van der Waals surface area contributed by atoms with Gasteiger partial charge in [0.2, 0.25) is 0 Å². The van der Waals surface area contributed by atoms with Crippen LogP contribution in [0.5, 0.6) is 0 Å². The molecule has 0 fully saturated rings. The van der Waals surface area contributed by atoms with Crippen LogP contribution in [0.1, 0.15) is 6.92 Å². The molecule has 16 heavy (non-hydrogen) atoms. The lowest BCUT2D eigenvalue weighted by atomic mass is 10.2. The molecule has 0 aliphatic carbocycles. The van der Waals surface area contributed by atoms with Crippen LogP contribution < -0.4 is 4.90 Å². The number of anilines is 1. The molecule has 0 aliphatic rings. The van der Waals surface area contributed by atoms with Crippen molar-refractivity contribution in [2.24, 2.45) is 0 Å². The van der Waals surface area contributed by atoms with E-state index in [1.54, 1.807) is 6.08 Å². The summed E-state index contributed by atoms with van der Waals surface area (Å²) in [5.74, 6) is 0. The second kappa shape index (κ2) is 6.67. The zero-order valence-corrected chi connectivity index (χ0v) is 9.89. The van der Waals surface area contributed by atoms with Crippen molar-refractivity contribution in [2.75, 3.05) is 18.0 Å². The van der Waals surface area contributed by atoms with Gasteiger partial charge in [0.15, 0.2) is 0 Å². The first-order valence-corrected chi connectivity index (χ1v) is 5.54. The van der Waals surface area contributed by atoms with E-state index in [0.717, 1.165) is 18.7 Å². The maximum atomic E-state index is 4.03. The topological polar surface area (TPSA) is 3.24 Å². The maximum absolute atomic E-state index is 4.03. The molecule has 1 nitrogen and oxygen atoms in total. The Labute approximate surface area is 98.4 Å². The number of hydrogen-bond donors (Lipinski definition) is 0. The summed E-state index contributed by atoms with van der Waals surface area (Å²) >= 11 is 0. The third-order valence-corrected chi connectivity index (χ3v) is 2.37. The first kappa shape index (κ1) is 12.3. The average molecular weight is 213 g/mol. The predicted molar refractivity (Wildman–Crippen MR) is 72.8 cm³/mol. The fourth-order valence-corrected chi connectivity index (χ4v) is 1.53. The molecule has 0 amide bonds. The Hall–Kier alpha value is -1.76. The molecule has 0 bridgehead atoms. The number of nitrogens with zero attached hydrogens (tertiary/aromatic N) is 1. The van der Waals surface area contributed by atoms with Gasteiger partial charge >= 0.3 is 0 Å². The molecule has 0 aliphatic heterocycles. The number of benzene rings is 1. The second-order valence-electron chi connectivity index (χ2n) is 3.60. The van der Waals surface area contributed by atoms with Crippen molar-refractivity contribution in [1.29, 1.82) is 0 Å². The molecule has 0 unspecified atom stereocenters. The first-order chi connectivity index (χ1) is 7.77. The van der Waals surface area contributed by atoms with Gasteiger partial charge in [0.05, 0.1) is 0 Å². The Morgan fingerprint density at radius 1 is 1.31 bits per heavy atom. The van der Waals surface area contributed by atoms with Crippen LogP contribution in [-0.4, -0.2) is 13.1 Å². The van der Waals surface area contributed by atoms with Crippen LogP contribution in [0.2, 0.25) is 0 Å². The predicted octanol–water partition coefficient (Wildman–Crippen LogP) is 3.81. The van der Waals surface area contributed by atoms with Crippen molar-refractivity contribution in [2.45, 2.75) is 6.92 Å². The number of allylic oxidation sites excluding steroid dienone is 2. The number of hydrogen-bond acceptors (Lipinski definition) is 1. The minimum Gasteiger partial charge on any atom is -0.368 e. The Morgan fingerprint density at radius 3 is 2.56 bits per heavy atom. The summed E-state index contributed by atoms with van der Waals surface area (Å²) in [5, 5.41) is 0. The highest BCUT2D eigenvalue weighted by Gasteiger charge is 2.03. The molecule has 0 N–H and O–H groups in total. The lowest BCUT2D eigenvalue weighted by molar-refractivity contribution is 0.891. The fraction of sp³-hybridized carbons (Fsp3) is 0.200. The lowest BCUT2D eigenvalue weighted by Gasteiger charge is -2.23. The monoisotopic (exact) mass is 213 g/mol. The van der Waals surface area contributed by atoms with Gasteiger partial charge in [-0.05, 0) is 24.6 Å². The summed E-state index contributed by atoms with van der Waals surface area (Å²) in [4.78, 5) is 2.29. The molecule has 0 aromatic heterocycles. The van der Waals surface area contributed by atoms with E-state index in [-0.39, 0.29) is 0 Å². The van der Waals surface area contributed by atoms with E-state index in [4.69, 9.17) is 0 Å². The first-order valence-electron chi connectivity index (χ1n) is 5.54. The summed E-state index contributed by atoms with van der Waals surface area (Å²) in [6.07, 6.45) is 5.68. The Balaban J connectivity index is 2.66. The third-order valence-electron chi connectivity index (χ3n) is 2.37. The molecule has 0 radical (unpaired) electrons. The van der Waals surface area contributed by atoms with Crippen LogP contribution in [0, 0.1) is 0 Å². The quantitative estimate of drug-likeness (QED) is 0.649. The minimum absolute atomic E-state index is 0.852. The van der Waals surface area contributed by atoms with Gasteiger partial charge in [0.1, 0.15) is 0 Å². The molecule has 0 heterocycles. The van der Waals surface area contributed by atoms with E-state index in [2.05, 4.69) is 49.2 Å². The lowest BCUT2D eigenvalue weighted by Crippen LogP contribution is -2.24. The molecule has 0 saturated carbocycles. The molecule has 1 heteroatoms. The van der Waals surface area contributed by atoms with E-state index in [9.17, 15) is 0 Å². The molecule has 1 aromatic carbocycles. The molecule has 1 aromatic rings. The van der Waals surface area contributed by atoms with Crippen molar-refractivity contribution in [3.8, 4) is 0 Å². The fourth-order valence-electron chi connectivity index (χ4n) is 1.53. The zero-order valence-electron chi connectivity index (χ0n) is 9.89. The van der Waals surface area contributed by atoms with Crippen molar-refractivity contribution < 1.29 is 0 Å². The second-order valence-corrected chi connectivity index (χ2v) is 3.60. The summed E-state index contributed by atoms with van der Waals surface area (Å²) < 4.78 is 0. The van der Waals surface area contributed by atoms with Crippen LogP contribution in [0.4, 0.5) is 5.69 Å². The van der Waals surface area contributed by atoms with Gasteiger partial charge < -0.3 is 4.90 Å². The van der Waals surface area contributed by atoms with Crippen molar-refractivity contribution in [1.82, 2.24) is 0 Å². The number of rotatable bonds is 6. The molecule has 0 atom stereocenters. The largest absolute Gasteiger partial charge is 0.368 e. The van der Waals surface area contributed by atoms with Gasteiger partial charge in [0.25, 0.3) is 0 Å². The molecule has 0 saturated heterocycles. The van der Waals surface area contributed by atoms with Crippen LogP contribution in [0.3, 0.4) is 0 Å². The van der Waals surface area contributed by atoms with E-state index in [0.29, 0.717) is 0 Å². The zero-order chi connectivity index (χ0) is 11.8. The summed E-state index contributed by atoms with van der Waals surface area (Å²) in [6, 6.07) is 10.4. The summed E-state index contributed by atoms with van der Waals surface area (Å²) in [5.41, 5.74) is 2.32. The molecular formula is C15H19N. The van der Waals surface area contributed by atoms with E-state index in [1.807, 2.05) is 18.2 Å². The summed E-state index contributed by atoms with van der Waals surface area (Å²) in [6.45, 7) is 11.7. The number of para-hydroxylation sites is 1. The van der Waals surface area contributed by atoms with Crippen LogP contribution >= 0.6 is 0 Å². The van der Waals surface area contributed by atoms with Gasteiger partial charge in [-0.15, -0.1) is 0 Å². The van der Waals surface area contributed by atoms with Crippen molar-refractivity contribution in [3.05, 3.63) is 67.3 Å². The standard InChI is InChI=1S/C15H19N/c1-4-6-10-14(3)13-16(5-2)15-11-8-7-9-12-15/h4,6-12H,1,3,5,13H2,2H3/b10-6-. The minimum atomic E-state index is 0.852. The third kappa shape index (κ3) is 3.77. The van der Waals surface area contributed by atoms with Crippen molar-refractivity contribution >= 4 is 5.69 Å². The molecule has 84 valence electrons. The Kier molecular flexibility index (Phi) is 5.13. The van der Waals surface area contributed by atoms with Crippen LogP contribution in [0.25, 0.3) is 0 Å². The molecular weight excluding hydrogens is 194 g/mol. The van der Waals surface area contributed by atoms with Gasteiger partial charge in [-0.2, -0.15) is 0 Å². The number of likely N-dealkylation sites (N-methyl/N-ethyl adjacent to an activating group) is 1. The van der Waals surface area contributed by atoms with Crippen LogP contribution in [0.15, 0.2) is 67.3 Å². The van der Waals surface area contributed by atoms with Gasteiger partial charge in [0, 0.05) is 18.8 Å². The van der Waals surface area contributed by atoms with Gasteiger partial charge in [-0.1, -0.05) is 49.6 Å².